The first-order valence-electron chi connectivity index (χ1n) is 9.61. The van der Waals surface area contributed by atoms with Crippen molar-refractivity contribution in [2.75, 3.05) is 19.6 Å². The van der Waals surface area contributed by atoms with Gasteiger partial charge in [-0.25, -0.2) is 9.97 Å². The van der Waals surface area contributed by atoms with Crippen molar-refractivity contribution in [3.8, 4) is 0 Å². The monoisotopic (exact) mass is 348 g/mol. The van der Waals surface area contributed by atoms with Gasteiger partial charge in [-0.15, -0.1) is 0 Å². The number of benzene rings is 1. The molecule has 1 aromatic carbocycles. The second-order valence-corrected chi connectivity index (χ2v) is 7.85. The predicted octanol–water partition coefficient (Wildman–Crippen LogP) is 2.49. The first kappa shape index (κ1) is 15.9. The van der Waals surface area contributed by atoms with Crippen molar-refractivity contribution in [2.24, 2.45) is 5.92 Å². The largest absolute Gasteiger partial charge is 0.333 e. The molecule has 5 nitrogen and oxygen atoms in total. The lowest BCUT2D eigenvalue weighted by Gasteiger charge is -2.51. The van der Waals surface area contributed by atoms with Crippen LogP contribution in [0.5, 0.6) is 0 Å². The summed E-state index contributed by atoms with van der Waals surface area (Å²) < 4.78 is 0. The number of nitrogens with zero attached hydrogens (tertiary/aromatic N) is 4. The van der Waals surface area contributed by atoms with Crippen molar-refractivity contribution in [3.05, 3.63) is 59.7 Å². The molecule has 1 amide bonds. The lowest BCUT2D eigenvalue weighted by molar-refractivity contribution is -0.00343. The van der Waals surface area contributed by atoms with E-state index in [2.05, 4.69) is 50.1 Å². The summed E-state index contributed by atoms with van der Waals surface area (Å²) in [5.41, 5.74) is 1.96. The fraction of sp³-hybridized carbons (Fsp3) is 0.476. The molecule has 26 heavy (non-hydrogen) atoms. The number of hydrogen-bond donors (Lipinski definition) is 0. The highest BCUT2D eigenvalue weighted by atomic mass is 16.2. The molecule has 4 saturated heterocycles. The van der Waals surface area contributed by atoms with Crippen molar-refractivity contribution >= 4 is 5.91 Å². The van der Waals surface area contributed by atoms with Gasteiger partial charge in [0.05, 0.1) is 11.6 Å². The highest BCUT2D eigenvalue weighted by Gasteiger charge is 2.54. The average Bonchev–Trinajstić information content (AvgIpc) is 3.12. The highest BCUT2D eigenvalue weighted by Crippen LogP contribution is 2.46. The van der Waals surface area contributed by atoms with Crippen LogP contribution in [0, 0.1) is 12.8 Å². The predicted molar refractivity (Wildman–Crippen MR) is 98.9 cm³/mol. The van der Waals surface area contributed by atoms with Gasteiger partial charge in [0, 0.05) is 30.9 Å². The Hall–Kier alpha value is -2.27. The van der Waals surface area contributed by atoms with Gasteiger partial charge in [-0.1, -0.05) is 30.3 Å². The van der Waals surface area contributed by atoms with Gasteiger partial charge < -0.3 is 4.90 Å². The van der Waals surface area contributed by atoms with E-state index in [4.69, 9.17) is 0 Å². The molecule has 3 atom stereocenters. The van der Waals surface area contributed by atoms with Gasteiger partial charge in [0.25, 0.3) is 5.91 Å². The number of rotatable bonds is 2. The Kier molecular flexibility index (Phi) is 3.78. The Balaban J connectivity index is 1.52. The molecule has 4 aliphatic rings. The summed E-state index contributed by atoms with van der Waals surface area (Å²) in [5.74, 6) is 1.80. The maximum absolute atomic E-state index is 13.3. The second-order valence-electron chi connectivity index (χ2n) is 7.85. The zero-order valence-electron chi connectivity index (χ0n) is 15.1. The van der Waals surface area contributed by atoms with E-state index in [0.29, 0.717) is 35.3 Å². The molecule has 5 heteroatoms. The summed E-state index contributed by atoms with van der Waals surface area (Å²) in [6, 6.07) is 11.5. The van der Waals surface area contributed by atoms with Gasteiger partial charge in [-0.05, 0) is 44.3 Å². The third kappa shape index (κ3) is 2.45. The molecule has 0 unspecified atom stereocenters. The Bertz CT molecular complexity index is 799. The van der Waals surface area contributed by atoms with E-state index in [1.165, 1.54) is 31.5 Å². The van der Waals surface area contributed by atoms with Gasteiger partial charge in [-0.3, -0.25) is 9.69 Å². The minimum Gasteiger partial charge on any atom is -0.333 e. The first-order chi connectivity index (χ1) is 12.7. The summed E-state index contributed by atoms with van der Waals surface area (Å²) in [6.45, 7) is 4.98. The number of piperidine rings is 3. The molecule has 0 aliphatic carbocycles. The van der Waals surface area contributed by atoms with Gasteiger partial charge in [0.2, 0.25) is 0 Å². The number of carbonyl (C=O) groups excluding carboxylic acids is 1. The van der Waals surface area contributed by atoms with Crippen molar-refractivity contribution in [2.45, 2.75) is 37.8 Å². The topological polar surface area (TPSA) is 49.3 Å². The fourth-order valence-corrected chi connectivity index (χ4v) is 5.32. The van der Waals surface area contributed by atoms with Crippen molar-refractivity contribution in [3.63, 3.8) is 0 Å². The molecule has 4 aliphatic heterocycles. The van der Waals surface area contributed by atoms with E-state index in [-0.39, 0.29) is 5.91 Å². The van der Waals surface area contributed by atoms with Crippen LogP contribution in [0.15, 0.2) is 42.7 Å². The normalized spacial score (nSPS) is 32.5. The molecule has 2 aromatic rings. The minimum absolute atomic E-state index is 0.0900. The zero-order valence-corrected chi connectivity index (χ0v) is 15.1. The Labute approximate surface area is 154 Å². The van der Waals surface area contributed by atoms with Crippen LogP contribution < -0.4 is 0 Å². The van der Waals surface area contributed by atoms with Crippen LogP contribution in [0.3, 0.4) is 0 Å². The molecular weight excluding hydrogens is 324 g/mol. The molecule has 0 saturated carbocycles. The van der Waals surface area contributed by atoms with E-state index in [1.807, 2.05) is 6.92 Å². The third-order valence-corrected chi connectivity index (χ3v) is 6.51. The molecular formula is C21H24N4O. The maximum Gasteiger partial charge on any atom is 0.257 e. The number of fused-ring (bicyclic) bond motifs is 2. The molecule has 2 bridgehead atoms. The molecule has 5 heterocycles. The van der Waals surface area contributed by atoms with Gasteiger partial charge in [0.1, 0.15) is 5.82 Å². The van der Waals surface area contributed by atoms with E-state index in [9.17, 15) is 4.79 Å². The van der Waals surface area contributed by atoms with Crippen molar-refractivity contribution in [1.29, 1.82) is 0 Å². The summed E-state index contributed by atoms with van der Waals surface area (Å²) >= 11 is 0. The van der Waals surface area contributed by atoms with Crippen LogP contribution >= 0.6 is 0 Å². The van der Waals surface area contributed by atoms with Crippen molar-refractivity contribution in [1.82, 2.24) is 19.8 Å². The van der Waals surface area contributed by atoms with E-state index >= 15 is 0 Å². The Morgan fingerprint density at radius 2 is 1.73 bits per heavy atom. The summed E-state index contributed by atoms with van der Waals surface area (Å²) in [7, 11) is 0. The molecule has 1 aromatic heterocycles. The second kappa shape index (κ2) is 6.16. The SMILES string of the molecule is Cc1ncc(C(=O)N2C[C@H](c3ccccc3)[C@H]3[C@@H]2C2CCN3CC2)cn1. The Morgan fingerprint density at radius 1 is 1.04 bits per heavy atom. The summed E-state index contributed by atoms with van der Waals surface area (Å²) in [6.07, 6.45) is 5.77. The number of amides is 1. The average molecular weight is 348 g/mol. The number of likely N-dealkylation sites (tertiary alicyclic amines) is 1. The lowest BCUT2D eigenvalue weighted by Crippen LogP contribution is -2.60. The molecule has 4 fully saturated rings. The number of carbonyl (C=O) groups is 1. The van der Waals surface area contributed by atoms with E-state index in [0.717, 1.165) is 6.54 Å². The first-order valence-corrected chi connectivity index (χ1v) is 9.61. The van der Waals surface area contributed by atoms with Crippen LogP contribution in [-0.4, -0.2) is 57.4 Å². The highest BCUT2D eigenvalue weighted by molar-refractivity contribution is 5.94. The van der Waals surface area contributed by atoms with Crippen molar-refractivity contribution < 1.29 is 4.79 Å². The van der Waals surface area contributed by atoms with Gasteiger partial charge in [-0.2, -0.15) is 0 Å². The number of aryl methyl sites for hydroxylation is 1. The zero-order chi connectivity index (χ0) is 17.7. The maximum atomic E-state index is 13.3. The van der Waals surface area contributed by atoms with E-state index in [1.54, 1.807) is 12.4 Å². The smallest absolute Gasteiger partial charge is 0.257 e. The van der Waals surface area contributed by atoms with Crippen LogP contribution in [0.2, 0.25) is 0 Å². The van der Waals surface area contributed by atoms with Gasteiger partial charge >= 0.3 is 0 Å². The molecule has 0 radical (unpaired) electrons. The third-order valence-electron chi connectivity index (χ3n) is 6.51. The molecule has 134 valence electrons. The number of aromatic nitrogens is 2. The van der Waals surface area contributed by atoms with Gasteiger partial charge in [0.15, 0.2) is 0 Å². The minimum atomic E-state index is 0.0900. The summed E-state index contributed by atoms with van der Waals surface area (Å²) in [4.78, 5) is 26.5. The Morgan fingerprint density at radius 3 is 2.42 bits per heavy atom. The standard InChI is InChI=1S/C21H24N4O/c1-14-22-11-17(12-23-14)21(26)25-13-18(15-5-3-2-4-6-15)20-19(25)16-7-9-24(20)10-8-16/h2-6,11-12,16,18-20H,7-10,13H2,1H3/t18-,19+,20+/m1/s1. The van der Waals surface area contributed by atoms with Crippen LogP contribution in [0.25, 0.3) is 0 Å². The van der Waals surface area contributed by atoms with Crippen LogP contribution in [-0.2, 0) is 0 Å². The molecule has 0 N–H and O–H groups in total. The van der Waals surface area contributed by atoms with Crippen LogP contribution in [0.1, 0.15) is 40.5 Å². The quantitative estimate of drug-likeness (QED) is 0.837. The van der Waals surface area contributed by atoms with Crippen LogP contribution in [0.4, 0.5) is 0 Å². The fourth-order valence-electron chi connectivity index (χ4n) is 5.32. The molecule has 6 rings (SSSR count). The number of hydrogen-bond acceptors (Lipinski definition) is 4. The molecule has 0 spiro atoms. The summed E-state index contributed by atoms with van der Waals surface area (Å²) in [5, 5.41) is 0. The van der Waals surface area contributed by atoms with E-state index < -0.39 is 0 Å². The lowest BCUT2D eigenvalue weighted by atomic mass is 9.75.